The van der Waals surface area contributed by atoms with Crippen molar-refractivity contribution in [2.45, 2.75) is 43.7 Å². The number of carboxylic acid groups (broad SMARTS) is 1. The lowest BCUT2D eigenvalue weighted by Crippen LogP contribution is -2.32. The molecule has 0 radical (unpaired) electrons. The largest absolute Gasteiger partial charge is 0.508 e. The zero-order chi connectivity index (χ0) is 20.6. The Balaban J connectivity index is 2.14. The number of para-hydroxylation sites is 1. The summed E-state index contributed by atoms with van der Waals surface area (Å²) in [6, 6.07) is 10.1. The number of thioether (sulfide) groups is 1. The maximum atomic E-state index is 13.2. The van der Waals surface area contributed by atoms with Crippen molar-refractivity contribution in [1.29, 1.82) is 0 Å². The highest BCUT2D eigenvalue weighted by atomic mass is 32.2. The summed E-state index contributed by atoms with van der Waals surface area (Å²) in [5, 5.41) is 28.5. The van der Waals surface area contributed by atoms with Crippen molar-refractivity contribution in [3.8, 4) is 11.5 Å². The molecule has 0 saturated carbocycles. The van der Waals surface area contributed by atoms with Crippen LogP contribution in [0.15, 0.2) is 36.4 Å². The molecule has 1 saturated heterocycles. The second-order valence-corrected chi connectivity index (χ2v) is 8.48. The topological polar surface area (TPSA) is 98.1 Å². The summed E-state index contributed by atoms with van der Waals surface area (Å²) < 4.78 is 0. The first-order valence-corrected chi connectivity index (χ1v) is 9.96. The number of carboxylic acids is 1. The number of carbonyl (C=O) groups excluding carboxylic acids is 1. The predicted molar refractivity (Wildman–Crippen MR) is 109 cm³/mol. The highest BCUT2D eigenvalue weighted by Crippen LogP contribution is 2.50. The number of hydrogen-bond acceptors (Lipinski definition) is 5. The quantitative estimate of drug-likeness (QED) is 0.696. The lowest BCUT2D eigenvalue weighted by molar-refractivity contribution is -0.138. The van der Waals surface area contributed by atoms with Gasteiger partial charge in [-0.05, 0) is 42.2 Å². The van der Waals surface area contributed by atoms with Gasteiger partial charge in [0, 0.05) is 11.3 Å². The summed E-state index contributed by atoms with van der Waals surface area (Å²) >= 11 is 1.22. The highest BCUT2D eigenvalue weighted by molar-refractivity contribution is 8.01. The van der Waals surface area contributed by atoms with Crippen molar-refractivity contribution in [3.63, 3.8) is 0 Å². The van der Waals surface area contributed by atoms with Crippen LogP contribution >= 0.6 is 11.8 Å². The van der Waals surface area contributed by atoms with E-state index in [0.717, 1.165) is 0 Å². The number of hydrogen-bond donors (Lipinski definition) is 3. The van der Waals surface area contributed by atoms with Gasteiger partial charge >= 0.3 is 5.97 Å². The van der Waals surface area contributed by atoms with E-state index in [9.17, 15) is 24.9 Å². The van der Waals surface area contributed by atoms with Crippen LogP contribution in [-0.2, 0) is 9.59 Å². The minimum absolute atomic E-state index is 0.0445. The van der Waals surface area contributed by atoms with Crippen LogP contribution in [0.3, 0.4) is 0 Å². The van der Waals surface area contributed by atoms with Crippen molar-refractivity contribution in [1.82, 2.24) is 0 Å². The van der Waals surface area contributed by atoms with E-state index in [2.05, 4.69) is 0 Å². The number of benzene rings is 2. The van der Waals surface area contributed by atoms with E-state index >= 15 is 0 Å². The predicted octanol–water partition coefficient (Wildman–Crippen LogP) is 4.15. The minimum Gasteiger partial charge on any atom is -0.508 e. The van der Waals surface area contributed by atoms with Crippen LogP contribution in [0.1, 0.15) is 48.3 Å². The molecule has 148 valence electrons. The number of carbonyl (C=O) groups is 2. The van der Waals surface area contributed by atoms with Crippen molar-refractivity contribution in [2.75, 3.05) is 4.90 Å². The molecule has 0 spiro atoms. The Hall–Kier alpha value is -2.67. The van der Waals surface area contributed by atoms with E-state index in [1.165, 1.54) is 11.8 Å². The van der Waals surface area contributed by atoms with Crippen molar-refractivity contribution in [3.05, 3.63) is 53.1 Å². The monoisotopic (exact) mass is 401 g/mol. The maximum absolute atomic E-state index is 13.2. The van der Waals surface area contributed by atoms with Gasteiger partial charge in [0.05, 0.1) is 11.7 Å². The molecule has 0 aliphatic carbocycles. The number of aromatic hydroxyl groups is 2. The van der Waals surface area contributed by atoms with Crippen LogP contribution in [0.25, 0.3) is 0 Å². The summed E-state index contributed by atoms with van der Waals surface area (Å²) in [6.45, 7) is 5.69. The van der Waals surface area contributed by atoms with Gasteiger partial charge in [0.25, 0.3) is 0 Å². The van der Waals surface area contributed by atoms with E-state index in [1.54, 1.807) is 48.2 Å². The molecule has 6 nitrogen and oxygen atoms in total. The van der Waals surface area contributed by atoms with Crippen LogP contribution in [-0.4, -0.2) is 32.4 Å². The molecule has 2 aromatic rings. The first kappa shape index (κ1) is 20.1. The Morgan fingerprint density at radius 2 is 1.86 bits per heavy atom. The second-order valence-electron chi connectivity index (χ2n) is 7.19. The molecule has 1 amide bonds. The summed E-state index contributed by atoms with van der Waals surface area (Å²) in [4.78, 5) is 25.9. The Bertz CT molecular complexity index is 927. The van der Waals surface area contributed by atoms with Gasteiger partial charge < -0.3 is 15.3 Å². The molecule has 7 heteroatoms. The molecule has 2 aromatic carbocycles. The van der Waals surface area contributed by atoms with Crippen molar-refractivity contribution in [2.24, 2.45) is 0 Å². The lowest BCUT2D eigenvalue weighted by atomic mass is 9.98. The van der Waals surface area contributed by atoms with Crippen LogP contribution in [0, 0.1) is 6.92 Å². The Morgan fingerprint density at radius 3 is 2.46 bits per heavy atom. The number of aryl methyl sites for hydroxylation is 1. The van der Waals surface area contributed by atoms with E-state index in [1.807, 2.05) is 13.8 Å². The molecule has 0 aromatic heterocycles. The second kappa shape index (κ2) is 7.75. The van der Waals surface area contributed by atoms with Gasteiger partial charge in [-0.2, -0.15) is 0 Å². The summed E-state index contributed by atoms with van der Waals surface area (Å²) in [5.41, 5.74) is 2.57. The zero-order valence-electron chi connectivity index (χ0n) is 15.9. The molecule has 2 unspecified atom stereocenters. The number of nitrogens with zero attached hydrogens (tertiary/aromatic N) is 1. The third-order valence-corrected chi connectivity index (χ3v) is 6.25. The number of phenolic OH excluding ortho intramolecular Hbond substituents is 2. The highest BCUT2D eigenvalue weighted by Gasteiger charge is 2.44. The SMILES string of the molecule is Cc1cc(O)c(C(C)C)cc1N1C(=O)C(CC(=O)O)SC1c1ccccc1O. The molecule has 0 bridgehead atoms. The fourth-order valence-electron chi connectivity index (χ4n) is 3.41. The van der Waals surface area contributed by atoms with E-state index < -0.39 is 16.6 Å². The van der Waals surface area contributed by atoms with Crippen LogP contribution in [0.2, 0.25) is 0 Å². The Labute approximate surface area is 167 Å². The molecule has 2 atom stereocenters. The number of aliphatic carboxylic acids is 1. The van der Waals surface area contributed by atoms with E-state index in [4.69, 9.17) is 0 Å². The van der Waals surface area contributed by atoms with Gasteiger partial charge in [-0.3, -0.25) is 14.5 Å². The molecule has 28 heavy (non-hydrogen) atoms. The van der Waals surface area contributed by atoms with Crippen LogP contribution < -0.4 is 4.90 Å². The van der Waals surface area contributed by atoms with Gasteiger partial charge in [0.2, 0.25) is 5.91 Å². The van der Waals surface area contributed by atoms with E-state index in [0.29, 0.717) is 22.4 Å². The number of rotatable bonds is 5. The molecule has 1 fully saturated rings. The first-order valence-electron chi connectivity index (χ1n) is 9.02. The molecule has 1 heterocycles. The molecule has 3 N–H and O–H groups in total. The molecular formula is C21H23NO5S. The van der Waals surface area contributed by atoms with Crippen LogP contribution in [0.4, 0.5) is 5.69 Å². The standard InChI is InChI=1S/C21H23NO5S/c1-11(2)14-9-15(12(3)8-17(14)24)22-20(27)18(10-19(25)26)28-21(22)13-6-4-5-7-16(13)23/h4-9,11,18,21,23-24H,10H2,1-3H3,(H,25,26). The summed E-state index contributed by atoms with van der Waals surface area (Å²) in [5.74, 6) is -1.10. The Morgan fingerprint density at radius 1 is 1.18 bits per heavy atom. The van der Waals surface area contributed by atoms with Gasteiger partial charge in [0.15, 0.2) is 0 Å². The first-order chi connectivity index (χ1) is 13.2. The van der Waals surface area contributed by atoms with Gasteiger partial charge in [-0.25, -0.2) is 0 Å². The Kier molecular flexibility index (Phi) is 5.56. The average Bonchev–Trinajstić information content (AvgIpc) is 2.91. The fraction of sp³-hybridized carbons (Fsp3) is 0.333. The van der Waals surface area contributed by atoms with Gasteiger partial charge in [0.1, 0.15) is 16.9 Å². The number of amides is 1. The van der Waals surface area contributed by atoms with Gasteiger partial charge in [-0.1, -0.05) is 32.0 Å². The smallest absolute Gasteiger partial charge is 0.305 e. The van der Waals surface area contributed by atoms with E-state index in [-0.39, 0.29) is 29.7 Å². The summed E-state index contributed by atoms with van der Waals surface area (Å²) in [7, 11) is 0. The lowest BCUT2D eigenvalue weighted by Gasteiger charge is -2.27. The molecule has 3 rings (SSSR count). The number of phenols is 2. The minimum atomic E-state index is -1.05. The zero-order valence-corrected chi connectivity index (χ0v) is 16.7. The molecule has 1 aliphatic rings. The molecule has 1 aliphatic heterocycles. The third-order valence-electron chi connectivity index (χ3n) is 4.83. The maximum Gasteiger partial charge on any atom is 0.305 e. The van der Waals surface area contributed by atoms with Crippen molar-refractivity contribution < 1.29 is 24.9 Å². The van der Waals surface area contributed by atoms with Crippen molar-refractivity contribution >= 4 is 29.3 Å². The third kappa shape index (κ3) is 3.67. The summed E-state index contributed by atoms with van der Waals surface area (Å²) in [6.07, 6.45) is -0.293. The molecular weight excluding hydrogens is 378 g/mol. The number of anilines is 1. The van der Waals surface area contributed by atoms with Crippen LogP contribution in [0.5, 0.6) is 11.5 Å². The average molecular weight is 401 g/mol. The van der Waals surface area contributed by atoms with Gasteiger partial charge in [-0.15, -0.1) is 11.8 Å². The normalized spacial score (nSPS) is 19.4. The fourth-order valence-corrected chi connectivity index (χ4v) is 4.88.